The Morgan fingerprint density at radius 2 is 1.00 bits per heavy atom. The van der Waals surface area contributed by atoms with E-state index in [1.165, 1.54) is 0 Å². The van der Waals surface area contributed by atoms with Gasteiger partial charge in [0.25, 0.3) is 0 Å². The standard InChI is InChI=1S/C16H26O7.C16H24O6/c17-10(3-1-2-4-15(20)21)5-6-11-12(7-8-16(22)23)14(19)9-13(11)18;17-10(3-1-2-4-15(19)20)5-6-11-12-7-8-16(21)22-14(12)9-13(11)18/h11-14,18-19H,1-9H2,(H,20,21)(H,22,23);11-14,18H,1-9H2,(H,19,20)/t11?,12-,13-,14+;11?,12-,13-,14?/m11/s1. The van der Waals surface area contributed by atoms with Crippen LogP contribution in [0.25, 0.3) is 0 Å². The third kappa shape index (κ3) is 14.0. The van der Waals surface area contributed by atoms with Crippen molar-refractivity contribution in [3.63, 3.8) is 0 Å². The molecule has 256 valence electrons. The van der Waals surface area contributed by atoms with Gasteiger partial charge in [-0.3, -0.25) is 28.8 Å². The summed E-state index contributed by atoms with van der Waals surface area (Å²) in [6.07, 6.45) is 4.68. The third-order valence-corrected chi connectivity index (χ3v) is 9.38. The first-order chi connectivity index (χ1) is 21.3. The number of aliphatic carboxylic acids is 3. The van der Waals surface area contributed by atoms with Crippen LogP contribution in [0.2, 0.25) is 0 Å². The highest BCUT2D eigenvalue weighted by atomic mass is 16.5. The molecule has 13 heteroatoms. The summed E-state index contributed by atoms with van der Waals surface area (Å²) in [5.41, 5.74) is 0. The molecule has 0 aromatic carbocycles. The number of ketones is 2. The number of carbonyl (C=O) groups excluding carboxylic acids is 3. The van der Waals surface area contributed by atoms with Gasteiger partial charge in [0, 0.05) is 63.7 Å². The van der Waals surface area contributed by atoms with Crippen LogP contribution < -0.4 is 0 Å². The van der Waals surface area contributed by atoms with Crippen LogP contribution in [0.15, 0.2) is 0 Å². The number of carboxylic acid groups (broad SMARTS) is 3. The number of rotatable bonds is 19. The number of ether oxygens (including phenoxy) is 1. The van der Waals surface area contributed by atoms with Gasteiger partial charge in [0.05, 0.1) is 18.3 Å². The molecular weight excluding hydrogens is 592 g/mol. The van der Waals surface area contributed by atoms with Crippen molar-refractivity contribution in [2.45, 2.75) is 140 Å². The summed E-state index contributed by atoms with van der Waals surface area (Å²) in [6, 6.07) is 0. The lowest BCUT2D eigenvalue weighted by molar-refractivity contribution is -0.157. The van der Waals surface area contributed by atoms with E-state index in [0.29, 0.717) is 77.0 Å². The van der Waals surface area contributed by atoms with E-state index < -0.39 is 36.2 Å². The van der Waals surface area contributed by atoms with E-state index >= 15 is 0 Å². The Labute approximate surface area is 263 Å². The van der Waals surface area contributed by atoms with E-state index in [4.69, 9.17) is 20.1 Å². The maximum absolute atomic E-state index is 11.8. The number of hydrogen-bond acceptors (Lipinski definition) is 10. The van der Waals surface area contributed by atoms with E-state index in [-0.39, 0.29) is 79.4 Å². The van der Waals surface area contributed by atoms with E-state index in [1.54, 1.807) is 0 Å². The predicted molar refractivity (Wildman–Crippen MR) is 158 cm³/mol. The molecule has 0 bridgehead atoms. The molecule has 0 radical (unpaired) electrons. The zero-order chi connectivity index (χ0) is 33.5. The molecule has 45 heavy (non-hydrogen) atoms. The van der Waals surface area contributed by atoms with Crippen molar-refractivity contribution in [1.82, 2.24) is 0 Å². The molecule has 0 aromatic heterocycles. The van der Waals surface area contributed by atoms with Gasteiger partial charge in [0.15, 0.2) is 0 Å². The van der Waals surface area contributed by atoms with Crippen LogP contribution in [0.4, 0.5) is 0 Å². The van der Waals surface area contributed by atoms with Gasteiger partial charge in [0.2, 0.25) is 0 Å². The van der Waals surface area contributed by atoms with Crippen LogP contribution in [0.1, 0.15) is 116 Å². The normalized spacial score (nSPS) is 28.8. The second-order valence-corrected chi connectivity index (χ2v) is 12.7. The summed E-state index contributed by atoms with van der Waals surface area (Å²) in [7, 11) is 0. The predicted octanol–water partition coefficient (Wildman–Crippen LogP) is 2.89. The Hall–Kier alpha value is -2.90. The molecule has 13 nitrogen and oxygen atoms in total. The molecule has 0 amide bonds. The lowest BCUT2D eigenvalue weighted by Crippen LogP contribution is -2.31. The van der Waals surface area contributed by atoms with Crippen molar-refractivity contribution in [3.05, 3.63) is 0 Å². The maximum Gasteiger partial charge on any atom is 0.306 e. The van der Waals surface area contributed by atoms with E-state index in [1.807, 2.05) is 0 Å². The summed E-state index contributed by atoms with van der Waals surface area (Å²) < 4.78 is 5.28. The fourth-order valence-corrected chi connectivity index (χ4v) is 6.98. The number of carboxylic acids is 3. The number of hydrogen-bond donors (Lipinski definition) is 6. The SMILES string of the molecule is O=C(O)CCCCC(=O)CCC1[C@H](O)C[C@H](O)[C@@H]1CCC(=O)O.O=C(O)CCCCC(=O)CCC1[C@H]2CCC(=O)OC2C[C@H]1O. The second-order valence-electron chi connectivity index (χ2n) is 12.7. The van der Waals surface area contributed by atoms with Gasteiger partial charge in [-0.2, -0.15) is 0 Å². The first-order valence-electron chi connectivity index (χ1n) is 16.2. The highest BCUT2D eigenvalue weighted by molar-refractivity contribution is 5.79. The molecule has 1 saturated heterocycles. The van der Waals surface area contributed by atoms with Gasteiger partial charge in [-0.25, -0.2) is 0 Å². The molecule has 1 heterocycles. The Morgan fingerprint density at radius 3 is 1.49 bits per heavy atom. The van der Waals surface area contributed by atoms with Crippen molar-refractivity contribution in [2.24, 2.45) is 23.7 Å². The summed E-state index contributed by atoms with van der Waals surface area (Å²) in [4.78, 5) is 66.4. The number of unbranched alkanes of at least 4 members (excludes halogenated alkanes) is 2. The molecule has 3 unspecified atom stereocenters. The van der Waals surface area contributed by atoms with Crippen LogP contribution in [-0.4, -0.2) is 90.5 Å². The molecule has 1 aliphatic heterocycles. The van der Waals surface area contributed by atoms with Crippen LogP contribution in [0.3, 0.4) is 0 Å². The molecule has 2 saturated carbocycles. The van der Waals surface area contributed by atoms with Crippen molar-refractivity contribution in [1.29, 1.82) is 0 Å². The minimum absolute atomic E-state index is 0.0148. The maximum atomic E-state index is 11.8. The van der Waals surface area contributed by atoms with Crippen molar-refractivity contribution >= 4 is 35.4 Å². The number of aliphatic hydroxyl groups is 3. The lowest BCUT2D eigenvalue weighted by Gasteiger charge is -2.28. The lowest BCUT2D eigenvalue weighted by atomic mass is 9.84. The zero-order valence-electron chi connectivity index (χ0n) is 25.9. The van der Waals surface area contributed by atoms with Crippen LogP contribution >= 0.6 is 0 Å². The van der Waals surface area contributed by atoms with Crippen LogP contribution in [-0.2, 0) is 33.5 Å². The summed E-state index contributed by atoms with van der Waals surface area (Å²) in [5, 5.41) is 55.9. The molecule has 2 aliphatic carbocycles. The van der Waals surface area contributed by atoms with Gasteiger partial charge < -0.3 is 35.4 Å². The zero-order valence-corrected chi connectivity index (χ0v) is 25.9. The quantitative estimate of drug-likeness (QED) is 0.0880. The smallest absolute Gasteiger partial charge is 0.306 e. The molecule has 6 N–H and O–H groups in total. The first kappa shape index (κ1) is 38.3. The fraction of sp³-hybridized carbons (Fsp3) is 0.812. The van der Waals surface area contributed by atoms with Crippen LogP contribution in [0.5, 0.6) is 0 Å². The number of aliphatic hydroxyl groups excluding tert-OH is 3. The van der Waals surface area contributed by atoms with Gasteiger partial charge in [-0.05, 0) is 75.5 Å². The van der Waals surface area contributed by atoms with Crippen LogP contribution in [0, 0.1) is 23.7 Å². The monoisotopic (exact) mass is 642 g/mol. The first-order valence-corrected chi connectivity index (χ1v) is 16.2. The average Bonchev–Trinajstić information content (AvgIpc) is 3.42. The highest BCUT2D eigenvalue weighted by Gasteiger charge is 2.46. The number of Topliss-reactive ketones (excluding diaryl/α,β-unsaturated/α-hetero) is 2. The largest absolute Gasteiger partial charge is 0.481 e. The summed E-state index contributed by atoms with van der Waals surface area (Å²) >= 11 is 0. The highest BCUT2D eigenvalue weighted by Crippen LogP contribution is 2.43. The molecule has 3 fully saturated rings. The van der Waals surface area contributed by atoms with E-state index in [9.17, 15) is 44.1 Å². The molecule has 0 spiro atoms. The average molecular weight is 643 g/mol. The third-order valence-electron chi connectivity index (χ3n) is 9.38. The summed E-state index contributed by atoms with van der Waals surface area (Å²) in [6.45, 7) is 0. The van der Waals surface area contributed by atoms with E-state index in [0.717, 1.165) is 6.42 Å². The summed E-state index contributed by atoms with van der Waals surface area (Å²) in [5.74, 6) is -3.05. The Bertz CT molecular complexity index is 1010. The minimum Gasteiger partial charge on any atom is -0.481 e. The number of carbonyl (C=O) groups is 6. The van der Waals surface area contributed by atoms with Crippen molar-refractivity contribution < 1.29 is 64.1 Å². The minimum atomic E-state index is -0.938. The number of fused-ring (bicyclic) bond motifs is 1. The topological polar surface area (TPSA) is 233 Å². The van der Waals surface area contributed by atoms with Gasteiger partial charge in [0.1, 0.15) is 17.7 Å². The van der Waals surface area contributed by atoms with E-state index in [2.05, 4.69) is 0 Å². The Morgan fingerprint density at radius 1 is 0.578 bits per heavy atom. The second kappa shape index (κ2) is 19.6. The molecular formula is C32H50O13. The van der Waals surface area contributed by atoms with Gasteiger partial charge in [-0.15, -0.1) is 0 Å². The van der Waals surface area contributed by atoms with Crippen molar-refractivity contribution in [3.8, 4) is 0 Å². The molecule has 3 aliphatic rings. The Kier molecular flexibility index (Phi) is 16.7. The molecule has 8 atom stereocenters. The molecule has 3 rings (SSSR count). The van der Waals surface area contributed by atoms with Gasteiger partial charge >= 0.3 is 23.9 Å². The molecule has 0 aromatic rings. The van der Waals surface area contributed by atoms with Crippen molar-refractivity contribution in [2.75, 3.05) is 0 Å². The fourth-order valence-electron chi connectivity index (χ4n) is 6.98. The Balaban J connectivity index is 0.000000314. The number of esters is 1. The van der Waals surface area contributed by atoms with Gasteiger partial charge in [-0.1, -0.05) is 0 Å².